The van der Waals surface area contributed by atoms with E-state index >= 15 is 0 Å². The number of benzene rings is 1. The molecule has 1 aromatic carbocycles. The first-order valence-corrected chi connectivity index (χ1v) is 10.6. The molecule has 170 valence electrons. The van der Waals surface area contributed by atoms with E-state index in [0.29, 0.717) is 0 Å². The molecule has 0 aliphatic carbocycles. The molecule has 3 rings (SSSR count). The number of methoxy groups -OCH3 is 3. The summed E-state index contributed by atoms with van der Waals surface area (Å²) in [6.45, 7) is 7.38. The van der Waals surface area contributed by atoms with Crippen molar-refractivity contribution < 1.29 is 19.0 Å². The first-order chi connectivity index (χ1) is 15.0. The van der Waals surface area contributed by atoms with E-state index in [-0.39, 0.29) is 24.5 Å². The molecule has 2 heterocycles. The van der Waals surface area contributed by atoms with Gasteiger partial charge in [0.25, 0.3) is 0 Å². The van der Waals surface area contributed by atoms with Gasteiger partial charge in [-0.25, -0.2) is 0 Å². The van der Waals surface area contributed by atoms with Gasteiger partial charge in [-0.05, 0) is 24.1 Å². The summed E-state index contributed by atoms with van der Waals surface area (Å²) in [6, 6.07) is 5.65. The number of carbonyl (C=O) groups is 1. The fourth-order valence-corrected chi connectivity index (χ4v) is 3.90. The number of hydrogen-bond donors (Lipinski definition) is 1. The van der Waals surface area contributed by atoms with Crippen LogP contribution < -0.4 is 14.8 Å². The van der Waals surface area contributed by atoms with Crippen molar-refractivity contribution in [2.24, 2.45) is 5.92 Å². The second-order valence-electron chi connectivity index (χ2n) is 8.05. The minimum atomic E-state index is -0.214. The van der Waals surface area contributed by atoms with Crippen LogP contribution in [0.4, 0.5) is 0 Å². The lowest BCUT2D eigenvalue weighted by atomic mass is 10.0. The molecule has 1 atom stereocenters. The highest BCUT2D eigenvalue weighted by atomic mass is 16.5. The molecule has 9 heteroatoms. The Morgan fingerprint density at radius 1 is 1.13 bits per heavy atom. The zero-order valence-corrected chi connectivity index (χ0v) is 19.1. The van der Waals surface area contributed by atoms with Crippen LogP contribution >= 0.6 is 0 Å². The van der Waals surface area contributed by atoms with E-state index in [1.54, 1.807) is 14.2 Å². The quantitative estimate of drug-likeness (QED) is 0.648. The van der Waals surface area contributed by atoms with Crippen LogP contribution in [0.15, 0.2) is 18.2 Å². The summed E-state index contributed by atoms with van der Waals surface area (Å²) in [5.41, 5.74) is 1.09. The van der Waals surface area contributed by atoms with Crippen LogP contribution in [0.3, 0.4) is 0 Å². The lowest BCUT2D eigenvalue weighted by Gasteiger charge is -2.23. The van der Waals surface area contributed by atoms with Crippen molar-refractivity contribution in [1.82, 2.24) is 25.0 Å². The number of rotatable bonds is 9. The average molecular weight is 432 g/mol. The minimum Gasteiger partial charge on any atom is -0.497 e. The lowest BCUT2D eigenvalue weighted by Crippen LogP contribution is -2.36. The molecule has 1 aliphatic heterocycles. The maximum atomic E-state index is 12.1. The van der Waals surface area contributed by atoms with Gasteiger partial charge in [-0.15, -0.1) is 10.2 Å². The van der Waals surface area contributed by atoms with Crippen molar-refractivity contribution in [2.75, 3.05) is 41.0 Å². The molecule has 1 N–H and O–H groups in total. The Kier molecular flexibility index (Phi) is 7.86. The van der Waals surface area contributed by atoms with Crippen LogP contribution in [0.25, 0.3) is 0 Å². The third-order valence-electron chi connectivity index (χ3n) is 5.57. The maximum Gasteiger partial charge on any atom is 0.246 e. The molecular formula is C22H33N5O4. The second-order valence-corrected chi connectivity index (χ2v) is 8.05. The number of ether oxygens (including phenoxy) is 3. The minimum absolute atomic E-state index is 0.0281. The molecule has 0 spiro atoms. The van der Waals surface area contributed by atoms with E-state index in [0.717, 1.165) is 61.3 Å². The Morgan fingerprint density at radius 2 is 1.94 bits per heavy atom. The smallest absolute Gasteiger partial charge is 0.246 e. The van der Waals surface area contributed by atoms with Gasteiger partial charge in [-0.3, -0.25) is 9.69 Å². The third-order valence-corrected chi connectivity index (χ3v) is 5.57. The lowest BCUT2D eigenvalue weighted by molar-refractivity contribution is -0.125. The largest absolute Gasteiger partial charge is 0.497 e. The van der Waals surface area contributed by atoms with Gasteiger partial charge in [0.2, 0.25) is 5.91 Å². The summed E-state index contributed by atoms with van der Waals surface area (Å²) in [5.74, 6) is 3.44. The third kappa shape index (κ3) is 5.54. The van der Waals surface area contributed by atoms with Crippen LogP contribution in [0.5, 0.6) is 11.5 Å². The summed E-state index contributed by atoms with van der Waals surface area (Å²) in [4.78, 5) is 14.5. The molecule has 0 bridgehead atoms. The fourth-order valence-electron chi connectivity index (χ4n) is 3.90. The van der Waals surface area contributed by atoms with Gasteiger partial charge >= 0.3 is 0 Å². The summed E-state index contributed by atoms with van der Waals surface area (Å²) >= 11 is 0. The molecule has 1 aliphatic rings. The highest BCUT2D eigenvalue weighted by Crippen LogP contribution is 2.27. The van der Waals surface area contributed by atoms with Crippen LogP contribution in [0.1, 0.15) is 37.1 Å². The van der Waals surface area contributed by atoms with Crippen molar-refractivity contribution in [1.29, 1.82) is 0 Å². The Labute approximate surface area is 183 Å². The summed E-state index contributed by atoms with van der Waals surface area (Å²) in [5, 5.41) is 11.9. The van der Waals surface area contributed by atoms with E-state index < -0.39 is 0 Å². The first kappa shape index (κ1) is 23.0. The van der Waals surface area contributed by atoms with Gasteiger partial charge in [0.1, 0.15) is 23.9 Å². The van der Waals surface area contributed by atoms with Crippen LogP contribution in [-0.4, -0.2) is 66.6 Å². The molecule has 31 heavy (non-hydrogen) atoms. The molecule has 0 saturated carbocycles. The van der Waals surface area contributed by atoms with Gasteiger partial charge in [-0.1, -0.05) is 13.8 Å². The molecule has 1 unspecified atom stereocenters. The molecule has 0 fully saturated rings. The van der Waals surface area contributed by atoms with Crippen molar-refractivity contribution in [2.45, 2.75) is 39.4 Å². The summed E-state index contributed by atoms with van der Waals surface area (Å²) < 4.78 is 18.0. The monoisotopic (exact) mass is 431 g/mol. The number of nitrogens with zero attached hydrogens (tertiary/aromatic N) is 4. The second kappa shape index (κ2) is 10.6. The fraction of sp³-hybridized carbons (Fsp3) is 0.591. The zero-order chi connectivity index (χ0) is 22.4. The SMILES string of the molecule is COCC(=O)NC(c1nnc2n1CCN(Cc1cc(OC)ccc1OC)CC2)C(C)C. The van der Waals surface area contributed by atoms with E-state index in [2.05, 4.69) is 38.8 Å². The summed E-state index contributed by atoms with van der Waals surface area (Å²) in [7, 11) is 4.87. The standard InChI is InChI=1S/C22H33N5O4/c1-15(2)21(23-20(28)14-29-3)22-25-24-19-8-9-26(10-11-27(19)22)13-16-12-17(30-4)6-7-18(16)31-5/h6-7,12,15,21H,8-11,13-14H2,1-5H3,(H,23,28). The Hall–Kier alpha value is -2.65. The van der Waals surface area contributed by atoms with E-state index in [1.807, 2.05) is 18.2 Å². The number of hydrogen-bond acceptors (Lipinski definition) is 7. The molecule has 0 radical (unpaired) electrons. The highest BCUT2D eigenvalue weighted by Gasteiger charge is 2.27. The molecule has 0 saturated heterocycles. The topological polar surface area (TPSA) is 90.7 Å². The molecular weight excluding hydrogens is 398 g/mol. The van der Waals surface area contributed by atoms with Crippen molar-refractivity contribution in [3.8, 4) is 11.5 Å². The van der Waals surface area contributed by atoms with Crippen molar-refractivity contribution in [3.63, 3.8) is 0 Å². The predicted molar refractivity (Wildman–Crippen MR) is 116 cm³/mol. The summed E-state index contributed by atoms with van der Waals surface area (Å²) in [6.07, 6.45) is 0.788. The number of aromatic nitrogens is 3. The van der Waals surface area contributed by atoms with Crippen molar-refractivity contribution in [3.05, 3.63) is 35.4 Å². The molecule has 9 nitrogen and oxygen atoms in total. The molecule has 2 aromatic rings. The van der Waals surface area contributed by atoms with E-state index in [1.165, 1.54) is 7.11 Å². The Bertz CT molecular complexity index is 883. The number of fused-ring (bicyclic) bond motifs is 1. The number of nitrogens with one attached hydrogen (secondary N) is 1. The van der Waals surface area contributed by atoms with Gasteiger partial charge in [0.15, 0.2) is 5.82 Å². The average Bonchev–Trinajstić information content (AvgIpc) is 3.05. The maximum absolute atomic E-state index is 12.1. The Morgan fingerprint density at radius 3 is 2.61 bits per heavy atom. The zero-order valence-electron chi connectivity index (χ0n) is 19.1. The van der Waals surface area contributed by atoms with E-state index in [9.17, 15) is 4.79 Å². The van der Waals surface area contributed by atoms with Crippen LogP contribution in [0.2, 0.25) is 0 Å². The van der Waals surface area contributed by atoms with Gasteiger partial charge < -0.3 is 24.1 Å². The first-order valence-electron chi connectivity index (χ1n) is 10.6. The predicted octanol–water partition coefficient (Wildman–Crippen LogP) is 1.81. The van der Waals surface area contributed by atoms with Crippen LogP contribution in [-0.2, 0) is 29.0 Å². The van der Waals surface area contributed by atoms with E-state index in [4.69, 9.17) is 14.2 Å². The van der Waals surface area contributed by atoms with Gasteiger partial charge in [-0.2, -0.15) is 0 Å². The number of carbonyl (C=O) groups excluding carboxylic acids is 1. The highest BCUT2D eigenvalue weighted by molar-refractivity contribution is 5.77. The van der Waals surface area contributed by atoms with Gasteiger partial charge in [0.05, 0.1) is 20.3 Å². The Balaban J connectivity index is 1.75. The van der Waals surface area contributed by atoms with Crippen molar-refractivity contribution >= 4 is 5.91 Å². The van der Waals surface area contributed by atoms with Crippen LogP contribution in [0, 0.1) is 5.92 Å². The normalized spacial score (nSPS) is 15.3. The number of amides is 1. The molecule has 1 aromatic heterocycles. The molecule has 1 amide bonds. The van der Waals surface area contributed by atoms with Gasteiger partial charge in [0, 0.05) is 45.3 Å².